The fraction of sp³-hybridized carbons (Fsp3) is 0.478. The van der Waals surface area contributed by atoms with Gasteiger partial charge in [-0.25, -0.2) is 0 Å². The normalized spacial score (nSPS) is 14.5. The Labute approximate surface area is 553 Å². The van der Waals surface area contributed by atoms with Gasteiger partial charge < -0.3 is 0 Å². The zero-order valence-electron chi connectivity index (χ0n) is 58.2. The van der Waals surface area contributed by atoms with E-state index in [1.54, 1.807) is 33.4 Å². The number of hydrogen-bond acceptors (Lipinski definition) is 1. The van der Waals surface area contributed by atoms with Gasteiger partial charge in [0.25, 0.3) is 0 Å². The fourth-order valence-electron chi connectivity index (χ4n) is 17.3. The third kappa shape index (κ3) is 13.7. The summed E-state index contributed by atoms with van der Waals surface area (Å²) in [5, 5.41) is 0. The molecule has 8 aromatic rings. The maximum Gasteiger partial charge on any atom is 0.0702 e. The summed E-state index contributed by atoms with van der Waals surface area (Å²) in [4.78, 5) is 5.13. The smallest absolute Gasteiger partial charge is 0.0702 e. The van der Waals surface area contributed by atoms with Crippen LogP contribution in [0.25, 0.3) is 78.0 Å². The van der Waals surface area contributed by atoms with Gasteiger partial charge in [-0.3, -0.25) is 4.98 Å². The van der Waals surface area contributed by atoms with Crippen LogP contribution in [0.5, 0.6) is 0 Å². The van der Waals surface area contributed by atoms with Crippen molar-refractivity contribution in [3.05, 3.63) is 197 Å². The van der Waals surface area contributed by atoms with E-state index in [0.717, 1.165) is 5.69 Å². The minimum atomic E-state index is -0.0594. The quantitative estimate of drug-likeness (QED) is 0.0366. The first-order valence-electron chi connectivity index (χ1n) is 37.4. The molecule has 1 aromatic heterocycles. The van der Waals surface area contributed by atoms with Crippen molar-refractivity contribution < 1.29 is 0 Å². The number of fused-ring (bicyclic) bond motifs is 9. The summed E-state index contributed by atoms with van der Waals surface area (Å²) in [6, 6.07) is 61.7. The molecule has 3 aliphatic rings. The predicted octanol–water partition coefficient (Wildman–Crippen LogP) is 27.7. The Balaban J connectivity index is 0.999. The van der Waals surface area contributed by atoms with Crippen LogP contribution in [0.15, 0.2) is 158 Å². The third-order valence-electron chi connectivity index (χ3n) is 22.5. The number of nitrogens with zero attached hydrogens (tertiary/aromatic N) is 1. The number of hydrogen-bond donors (Lipinski definition) is 0. The first-order chi connectivity index (χ1) is 44.5. The lowest BCUT2D eigenvalue weighted by Gasteiger charge is -2.34. The van der Waals surface area contributed by atoms with Crippen molar-refractivity contribution >= 4 is 0 Å². The highest BCUT2D eigenvalue weighted by atomic mass is 14.7. The van der Waals surface area contributed by atoms with Gasteiger partial charge in [-0.1, -0.05) is 332 Å². The average molecular weight is 1210 g/mol. The summed E-state index contributed by atoms with van der Waals surface area (Å²) in [5.41, 5.74) is 29.9. The van der Waals surface area contributed by atoms with Crippen LogP contribution in [0.1, 0.15) is 294 Å². The maximum absolute atomic E-state index is 5.13. The van der Waals surface area contributed by atoms with Crippen LogP contribution in [0.4, 0.5) is 0 Å². The molecule has 1 heterocycles. The van der Waals surface area contributed by atoms with Gasteiger partial charge in [0, 0.05) is 33.6 Å². The molecule has 0 radical (unpaired) electrons. The Bertz CT molecular complexity index is 3640. The van der Waals surface area contributed by atoms with Crippen LogP contribution < -0.4 is 0 Å². The highest BCUT2D eigenvalue weighted by Crippen LogP contribution is 2.60. The van der Waals surface area contributed by atoms with Crippen molar-refractivity contribution in [1.82, 2.24) is 4.98 Å². The molecule has 0 saturated carbocycles. The van der Waals surface area contributed by atoms with Crippen molar-refractivity contribution in [2.24, 2.45) is 0 Å². The second-order valence-corrected chi connectivity index (χ2v) is 29.7. The summed E-state index contributed by atoms with van der Waals surface area (Å²) >= 11 is 0. The molecule has 3 aliphatic carbocycles. The van der Waals surface area contributed by atoms with E-state index in [2.05, 4.69) is 220 Å². The molecule has 1 heteroatoms. The van der Waals surface area contributed by atoms with E-state index < -0.39 is 0 Å². The number of rotatable bonds is 34. The molecule has 478 valence electrons. The van der Waals surface area contributed by atoms with Gasteiger partial charge in [0.1, 0.15) is 0 Å². The van der Waals surface area contributed by atoms with E-state index >= 15 is 0 Å². The summed E-state index contributed by atoms with van der Waals surface area (Å²) < 4.78 is 0. The molecule has 0 fully saturated rings. The summed E-state index contributed by atoms with van der Waals surface area (Å²) in [7, 11) is 0. The highest BCUT2D eigenvalue weighted by Gasteiger charge is 2.46. The van der Waals surface area contributed by atoms with E-state index in [-0.39, 0.29) is 21.7 Å². The Morgan fingerprint density at radius 2 is 0.538 bits per heavy atom. The lowest BCUT2D eigenvalue weighted by Crippen LogP contribution is -2.26. The first kappa shape index (κ1) is 66.2. The average Bonchev–Trinajstić information content (AvgIpc) is 1.58. The SMILES string of the molecule is CCCCCCC1(CCCCCC)c2ccccc2-c2ccc(-c3ccc4c(c3)C(CCCCCC)(CCCCCC)c3cc(-c5ccc6c(c5)C(CCCCCC)(CCCCCC)c5cc(-c7ccc(-c8ccc(C(C)(C)C)cc8)nc7)ccc5-6)ccc3-4)cc21. The molecule has 0 atom stereocenters. The van der Waals surface area contributed by atoms with Crippen LogP contribution in [0.3, 0.4) is 0 Å². The summed E-state index contributed by atoms with van der Waals surface area (Å²) in [6.45, 7) is 21.0. The minimum Gasteiger partial charge on any atom is -0.256 e. The number of unbranched alkanes of at least 4 members (excludes halogenated alkanes) is 18. The second-order valence-electron chi connectivity index (χ2n) is 29.7. The lowest BCUT2D eigenvalue weighted by atomic mass is 9.69. The number of benzene rings is 7. The van der Waals surface area contributed by atoms with Gasteiger partial charge in [0.15, 0.2) is 0 Å². The fourth-order valence-corrected chi connectivity index (χ4v) is 17.3. The Morgan fingerprint density at radius 3 is 0.835 bits per heavy atom. The van der Waals surface area contributed by atoms with Gasteiger partial charge >= 0.3 is 0 Å². The van der Waals surface area contributed by atoms with Crippen molar-refractivity contribution in [3.8, 4) is 78.0 Å². The van der Waals surface area contributed by atoms with Crippen molar-refractivity contribution in [2.75, 3.05) is 0 Å². The molecule has 1 nitrogen and oxygen atoms in total. The van der Waals surface area contributed by atoms with Gasteiger partial charge in [0.2, 0.25) is 0 Å². The van der Waals surface area contributed by atoms with E-state index in [9.17, 15) is 0 Å². The zero-order chi connectivity index (χ0) is 63.4. The molecule has 0 N–H and O–H groups in total. The highest BCUT2D eigenvalue weighted by molar-refractivity contribution is 5.90. The molecule has 0 spiro atoms. The monoisotopic (exact) mass is 1210 g/mol. The van der Waals surface area contributed by atoms with Gasteiger partial charge in [-0.15, -0.1) is 0 Å². The predicted molar refractivity (Wildman–Crippen MR) is 396 cm³/mol. The van der Waals surface area contributed by atoms with Crippen LogP contribution in [-0.2, 0) is 21.7 Å². The van der Waals surface area contributed by atoms with Gasteiger partial charge in [-0.2, -0.15) is 0 Å². The van der Waals surface area contributed by atoms with Crippen LogP contribution in [0.2, 0.25) is 0 Å². The molecule has 0 aliphatic heterocycles. The van der Waals surface area contributed by atoms with Crippen molar-refractivity contribution in [1.29, 1.82) is 0 Å². The Kier molecular flexibility index (Phi) is 21.9. The molecular weight excluding hydrogens is 1090 g/mol. The number of pyridine rings is 1. The Hall–Kier alpha value is -6.31. The molecule has 91 heavy (non-hydrogen) atoms. The van der Waals surface area contributed by atoms with Crippen LogP contribution >= 0.6 is 0 Å². The molecule has 7 aromatic carbocycles. The lowest BCUT2D eigenvalue weighted by molar-refractivity contribution is 0.400. The van der Waals surface area contributed by atoms with Gasteiger partial charge in [-0.05, 0) is 180 Å². The van der Waals surface area contributed by atoms with E-state index in [0.29, 0.717) is 0 Å². The summed E-state index contributed by atoms with van der Waals surface area (Å²) in [6.07, 6.45) is 40.2. The van der Waals surface area contributed by atoms with Crippen LogP contribution in [-0.4, -0.2) is 4.98 Å². The standard InChI is InChI=1S/C90H113N/c1-10-16-22-30-54-88(55-31-23-17-11-2)80-37-29-28-36-74(80)75-48-40-67(60-81(75)88)68-41-49-76-77-50-42-69(62-83(77)89(82(76)61-68,56-32-24-18-12-3)57-33-25-19-13-4)70-43-51-78-79-52-44-71(72-45-53-86(91-65-72)66-38-46-73(47-39-66)87(7,8)9)64-85(79)90(84(78)63-70,58-34-26-20-14-5)59-35-27-21-15-6/h28-29,36-53,60-65H,10-27,30-35,54-59H2,1-9H3. The molecule has 11 rings (SSSR count). The topological polar surface area (TPSA) is 12.9 Å². The largest absolute Gasteiger partial charge is 0.256 e. The van der Waals surface area contributed by atoms with Crippen molar-refractivity contribution in [2.45, 2.75) is 277 Å². The Morgan fingerprint density at radius 1 is 0.264 bits per heavy atom. The van der Waals surface area contributed by atoms with E-state index in [1.165, 1.54) is 271 Å². The maximum atomic E-state index is 5.13. The van der Waals surface area contributed by atoms with Crippen LogP contribution in [0, 0.1) is 0 Å². The molecule has 0 amide bonds. The molecular formula is C90H113N. The molecule has 0 unspecified atom stereocenters. The third-order valence-corrected chi connectivity index (χ3v) is 22.5. The summed E-state index contributed by atoms with van der Waals surface area (Å²) in [5.74, 6) is 0. The minimum absolute atomic E-state index is 0.0525. The van der Waals surface area contributed by atoms with Gasteiger partial charge in [0.05, 0.1) is 5.69 Å². The molecule has 0 saturated heterocycles. The molecule has 0 bridgehead atoms. The number of aromatic nitrogens is 1. The first-order valence-corrected chi connectivity index (χ1v) is 37.4. The van der Waals surface area contributed by atoms with Crippen molar-refractivity contribution in [3.63, 3.8) is 0 Å². The zero-order valence-corrected chi connectivity index (χ0v) is 58.2. The second kappa shape index (κ2) is 30.2. The van der Waals surface area contributed by atoms with E-state index in [1.807, 2.05) is 0 Å². The van der Waals surface area contributed by atoms with E-state index in [4.69, 9.17) is 4.98 Å².